The maximum absolute atomic E-state index is 5.61. The lowest BCUT2D eigenvalue weighted by atomic mass is 9.96. The number of rotatable bonds is 4. The highest BCUT2D eigenvalue weighted by molar-refractivity contribution is 4.74. The zero-order chi connectivity index (χ0) is 10.6. The SMILES string of the molecule is CC(C)N(C)CC1CCN(CN)CC1. The first-order valence-corrected chi connectivity index (χ1v) is 5.76. The van der Waals surface area contributed by atoms with Gasteiger partial charge in [0.25, 0.3) is 0 Å². The van der Waals surface area contributed by atoms with E-state index in [0.717, 1.165) is 12.6 Å². The molecule has 0 spiro atoms. The van der Waals surface area contributed by atoms with E-state index < -0.39 is 0 Å². The van der Waals surface area contributed by atoms with Gasteiger partial charge in [0.15, 0.2) is 0 Å². The Labute approximate surface area is 88.2 Å². The molecule has 1 heterocycles. The molecule has 2 N–H and O–H groups in total. The number of likely N-dealkylation sites (tertiary alicyclic amines) is 1. The summed E-state index contributed by atoms with van der Waals surface area (Å²) < 4.78 is 0. The highest BCUT2D eigenvalue weighted by atomic mass is 15.2. The van der Waals surface area contributed by atoms with Gasteiger partial charge < -0.3 is 10.6 Å². The number of nitrogens with zero attached hydrogens (tertiary/aromatic N) is 2. The topological polar surface area (TPSA) is 32.5 Å². The van der Waals surface area contributed by atoms with Crippen LogP contribution >= 0.6 is 0 Å². The van der Waals surface area contributed by atoms with Crippen molar-refractivity contribution in [3.63, 3.8) is 0 Å². The number of hydrogen-bond acceptors (Lipinski definition) is 3. The van der Waals surface area contributed by atoms with Gasteiger partial charge in [0.2, 0.25) is 0 Å². The third-order valence-corrected chi connectivity index (χ3v) is 3.39. The zero-order valence-electron chi connectivity index (χ0n) is 9.87. The second-order valence-corrected chi connectivity index (χ2v) is 4.78. The molecular weight excluding hydrogens is 174 g/mol. The predicted octanol–water partition coefficient (Wildman–Crippen LogP) is 0.955. The predicted molar refractivity (Wildman–Crippen MR) is 61.1 cm³/mol. The average Bonchev–Trinajstić information content (AvgIpc) is 2.19. The summed E-state index contributed by atoms with van der Waals surface area (Å²) in [6.07, 6.45) is 2.63. The van der Waals surface area contributed by atoms with Gasteiger partial charge in [-0.3, -0.25) is 4.90 Å². The molecule has 0 atom stereocenters. The monoisotopic (exact) mass is 199 g/mol. The third kappa shape index (κ3) is 3.56. The van der Waals surface area contributed by atoms with Crippen LogP contribution in [0, 0.1) is 5.92 Å². The van der Waals surface area contributed by atoms with Gasteiger partial charge in [-0.05, 0) is 52.7 Å². The Hall–Kier alpha value is -0.120. The third-order valence-electron chi connectivity index (χ3n) is 3.39. The van der Waals surface area contributed by atoms with Crippen LogP contribution in [0.15, 0.2) is 0 Å². The van der Waals surface area contributed by atoms with Crippen LogP contribution in [0.2, 0.25) is 0 Å². The van der Waals surface area contributed by atoms with E-state index in [1.807, 2.05) is 0 Å². The van der Waals surface area contributed by atoms with E-state index in [1.165, 1.54) is 32.5 Å². The lowest BCUT2D eigenvalue weighted by molar-refractivity contribution is 0.145. The van der Waals surface area contributed by atoms with Crippen LogP contribution in [0.4, 0.5) is 0 Å². The first kappa shape index (κ1) is 12.0. The zero-order valence-corrected chi connectivity index (χ0v) is 9.87. The van der Waals surface area contributed by atoms with Gasteiger partial charge in [-0.2, -0.15) is 0 Å². The van der Waals surface area contributed by atoms with E-state index in [4.69, 9.17) is 5.73 Å². The molecule has 0 radical (unpaired) electrons. The quantitative estimate of drug-likeness (QED) is 0.732. The molecule has 0 unspecified atom stereocenters. The van der Waals surface area contributed by atoms with Crippen LogP contribution in [0.3, 0.4) is 0 Å². The van der Waals surface area contributed by atoms with Crippen LogP contribution in [0.25, 0.3) is 0 Å². The fraction of sp³-hybridized carbons (Fsp3) is 1.00. The minimum atomic E-state index is 0.669. The lowest BCUT2D eigenvalue weighted by Gasteiger charge is -2.34. The Balaban J connectivity index is 2.22. The van der Waals surface area contributed by atoms with Crippen molar-refractivity contribution in [1.29, 1.82) is 0 Å². The summed E-state index contributed by atoms with van der Waals surface area (Å²) >= 11 is 0. The van der Waals surface area contributed by atoms with Crippen molar-refractivity contribution in [2.75, 3.05) is 33.4 Å². The summed E-state index contributed by atoms with van der Waals surface area (Å²) in [6, 6.07) is 0.669. The maximum Gasteiger partial charge on any atom is 0.0455 e. The highest BCUT2D eigenvalue weighted by Crippen LogP contribution is 2.17. The normalized spacial score (nSPS) is 21.0. The van der Waals surface area contributed by atoms with Crippen LogP contribution in [-0.2, 0) is 0 Å². The van der Waals surface area contributed by atoms with Gasteiger partial charge in [0.05, 0.1) is 0 Å². The summed E-state index contributed by atoms with van der Waals surface area (Å²) in [7, 11) is 2.22. The summed E-state index contributed by atoms with van der Waals surface area (Å²) in [5.41, 5.74) is 5.61. The Morgan fingerprint density at radius 2 is 1.93 bits per heavy atom. The van der Waals surface area contributed by atoms with Crippen molar-refractivity contribution in [3.8, 4) is 0 Å². The van der Waals surface area contributed by atoms with Gasteiger partial charge in [0, 0.05) is 19.3 Å². The molecule has 3 nitrogen and oxygen atoms in total. The molecule has 84 valence electrons. The minimum Gasteiger partial charge on any atom is -0.318 e. The average molecular weight is 199 g/mol. The van der Waals surface area contributed by atoms with Crippen molar-refractivity contribution in [2.24, 2.45) is 11.7 Å². The first-order chi connectivity index (χ1) is 6.63. The molecule has 0 aliphatic carbocycles. The van der Waals surface area contributed by atoms with Gasteiger partial charge >= 0.3 is 0 Å². The molecule has 1 saturated heterocycles. The van der Waals surface area contributed by atoms with Crippen LogP contribution in [-0.4, -0.2) is 49.2 Å². The van der Waals surface area contributed by atoms with E-state index in [0.29, 0.717) is 6.04 Å². The maximum atomic E-state index is 5.61. The van der Waals surface area contributed by atoms with Gasteiger partial charge in [0.1, 0.15) is 0 Å². The molecule has 0 aromatic rings. The van der Waals surface area contributed by atoms with Crippen molar-refractivity contribution in [1.82, 2.24) is 9.80 Å². The van der Waals surface area contributed by atoms with E-state index in [1.54, 1.807) is 0 Å². The number of nitrogens with two attached hydrogens (primary N) is 1. The van der Waals surface area contributed by atoms with Crippen molar-refractivity contribution in [2.45, 2.75) is 32.7 Å². The molecule has 0 saturated carbocycles. The summed E-state index contributed by atoms with van der Waals surface area (Å²) in [4.78, 5) is 4.79. The number of piperidine rings is 1. The van der Waals surface area contributed by atoms with E-state index in [2.05, 4.69) is 30.7 Å². The summed E-state index contributed by atoms with van der Waals surface area (Å²) in [5.74, 6) is 0.880. The first-order valence-electron chi connectivity index (χ1n) is 5.76. The fourth-order valence-electron chi connectivity index (χ4n) is 1.97. The molecule has 1 aliphatic heterocycles. The van der Waals surface area contributed by atoms with Crippen molar-refractivity contribution in [3.05, 3.63) is 0 Å². The standard InChI is InChI=1S/C11H25N3/c1-10(2)13(3)8-11-4-6-14(9-12)7-5-11/h10-11H,4-9,12H2,1-3H3. The second kappa shape index (κ2) is 5.69. The van der Waals surface area contributed by atoms with E-state index in [-0.39, 0.29) is 0 Å². The fourth-order valence-corrected chi connectivity index (χ4v) is 1.97. The number of hydrogen-bond donors (Lipinski definition) is 1. The van der Waals surface area contributed by atoms with Crippen LogP contribution < -0.4 is 5.73 Å². The largest absolute Gasteiger partial charge is 0.318 e. The molecule has 0 aromatic carbocycles. The molecule has 0 aromatic heterocycles. The van der Waals surface area contributed by atoms with Crippen molar-refractivity contribution >= 4 is 0 Å². The molecule has 14 heavy (non-hydrogen) atoms. The minimum absolute atomic E-state index is 0.669. The molecule has 1 aliphatic rings. The molecule has 1 rings (SSSR count). The van der Waals surface area contributed by atoms with Gasteiger partial charge in [-0.1, -0.05) is 0 Å². The Morgan fingerprint density at radius 1 is 1.36 bits per heavy atom. The van der Waals surface area contributed by atoms with E-state index in [9.17, 15) is 0 Å². The lowest BCUT2D eigenvalue weighted by Crippen LogP contribution is -2.41. The molecule has 0 amide bonds. The highest BCUT2D eigenvalue weighted by Gasteiger charge is 2.19. The second-order valence-electron chi connectivity index (χ2n) is 4.78. The van der Waals surface area contributed by atoms with Crippen molar-refractivity contribution < 1.29 is 0 Å². The van der Waals surface area contributed by atoms with Crippen LogP contribution in [0.5, 0.6) is 0 Å². The Bertz CT molecular complexity index is 151. The smallest absolute Gasteiger partial charge is 0.0455 e. The molecule has 1 fully saturated rings. The molecule has 0 bridgehead atoms. The Morgan fingerprint density at radius 3 is 2.36 bits per heavy atom. The van der Waals surface area contributed by atoms with Gasteiger partial charge in [-0.15, -0.1) is 0 Å². The molecule has 3 heteroatoms. The summed E-state index contributed by atoms with van der Waals surface area (Å²) in [5, 5.41) is 0. The van der Waals surface area contributed by atoms with Crippen LogP contribution in [0.1, 0.15) is 26.7 Å². The van der Waals surface area contributed by atoms with Gasteiger partial charge in [-0.25, -0.2) is 0 Å². The molecular formula is C11H25N3. The summed E-state index contributed by atoms with van der Waals surface area (Å²) in [6.45, 7) is 8.87. The Kier molecular flexibility index (Phi) is 4.85. The van der Waals surface area contributed by atoms with E-state index >= 15 is 0 Å².